The van der Waals surface area contributed by atoms with Gasteiger partial charge in [0.1, 0.15) is 24.4 Å². The maximum absolute atomic E-state index is 12.4. The highest BCUT2D eigenvalue weighted by Crippen LogP contribution is 2.28. The third-order valence-corrected chi connectivity index (χ3v) is 4.65. The van der Waals surface area contributed by atoms with Gasteiger partial charge in [-0.1, -0.05) is 54.1 Å². The number of benzene rings is 2. The van der Waals surface area contributed by atoms with E-state index in [1.807, 2.05) is 49.4 Å². The number of ether oxygens (including phenoxy) is 1. The van der Waals surface area contributed by atoms with E-state index < -0.39 is 5.91 Å². The molecule has 0 aliphatic carbocycles. The van der Waals surface area contributed by atoms with Crippen LogP contribution in [0, 0.1) is 6.92 Å². The second kappa shape index (κ2) is 8.84. The summed E-state index contributed by atoms with van der Waals surface area (Å²) >= 11 is 6.16. The van der Waals surface area contributed by atoms with Crippen molar-refractivity contribution in [2.75, 3.05) is 5.32 Å². The highest BCUT2D eigenvalue weighted by Gasteiger charge is 2.15. The van der Waals surface area contributed by atoms with Gasteiger partial charge in [-0.05, 0) is 36.2 Å². The van der Waals surface area contributed by atoms with Gasteiger partial charge in [0.25, 0.3) is 5.91 Å². The number of nitrogens with zero attached hydrogens (tertiary/aromatic N) is 3. The number of aryl methyl sites for hydroxylation is 1. The Kier molecular flexibility index (Phi) is 5.81. The smallest absolute Gasteiger partial charge is 0.293 e. The van der Waals surface area contributed by atoms with Gasteiger partial charge in [0.05, 0.1) is 11.6 Å². The standard InChI is InChI=1S/C22H19ClN4O3/c1-15-6-5-9-18(23)20(15)29-13-17-10-11-19(30-17)21(28)25-22-24-14-27(26-22)12-16-7-3-2-4-8-16/h2-11,14H,12-13H2,1H3,(H,25,26,28). The molecule has 1 amide bonds. The molecule has 7 nitrogen and oxygen atoms in total. The molecule has 0 aliphatic rings. The number of amides is 1. The molecule has 1 N–H and O–H groups in total. The number of aromatic nitrogens is 3. The van der Waals surface area contributed by atoms with Gasteiger partial charge in [-0.15, -0.1) is 5.10 Å². The van der Waals surface area contributed by atoms with Crippen molar-refractivity contribution in [3.63, 3.8) is 0 Å². The summed E-state index contributed by atoms with van der Waals surface area (Å²) in [5.74, 6) is 1.00. The van der Waals surface area contributed by atoms with Gasteiger partial charge < -0.3 is 9.15 Å². The van der Waals surface area contributed by atoms with Gasteiger partial charge in [0, 0.05) is 0 Å². The summed E-state index contributed by atoms with van der Waals surface area (Å²) in [6.45, 7) is 2.63. The first kappa shape index (κ1) is 19.7. The van der Waals surface area contributed by atoms with Crippen LogP contribution in [0.5, 0.6) is 5.75 Å². The Balaban J connectivity index is 1.35. The molecule has 8 heteroatoms. The number of halogens is 1. The zero-order valence-electron chi connectivity index (χ0n) is 16.2. The van der Waals surface area contributed by atoms with Crippen molar-refractivity contribution in [3.8, 4) is 5.75 Å². The topological polar surface area (TPSA) is 82.2 Å². The summed E-state index contributed by atoms with van der Waals surface area (Å²) in [7, 11) is 0. The normalized spacial score (nSPS) is 10.7. The lowest BCUT2D eigenvalue weighted by Crippen LogP contribution is -2.12. The predicted octanol–water partition coefficient (Wildman–Crippen LogP) is 4.71. The minimum absolute atomic E-state index is 0.142. The summed E-state index contributed by atoms with van der Waals surface area (Å²) in [6, 6.07) is 18.6. The number of carbonyl (C=O) groups excluding carboxylic acids is 1. The van der Waals surface area contributed by atoms with Crippen LogP contribution in [0.2, 0.25) is 5.02 Å². The van der Waals surface area contributed by atoms with Crippen LogP contribution in [0.3, 0.4) is 0 Å². The minimum atomic E-state index is -0.437. The van der Waals surface area contributed by atoms with Crippen LogP contribution < -0.4 is 10.1 Å². The van der Waals surface area contributed by atoms with E-state index in [1.54, 1.807) is 29.2 Å². The fourth-order valence-corrected chi connectivity index (χ4v) is 3.16. The van der Waals surface area contributed by atoms with E-state index >= 15 is 0 Å². The molecule has 0 saturated carbocycles. The Morgan fingerprint density at radius 2 is 1.97 bits per heavy atom. The molecule has 0 atom stereocenters. The number of anilines is 1. The molecule has 0 radical (unpaired) electrons. The fourth-order valence-electron chi connectivity index (χ4n) is 2.88. The Morgan fingerprint density at radius 3 is 2.77 bits per heavy atom. The van der Waals surface area contributed by atoms with Crippen molar-refractivity contribution < 1.29 is 13.9 Å². The van der Waals surface area contributed by atoms with Crippen molar-refractivity contribution in [1.29, 1.82) is 0 Å². The van der Waals surface area contributed by atoms with E-state index in [1.165, 1.54) is 0 Å². The predicted molar refractivity (Wildman–Crippen MR) is 113 cm³/mol. The van der Waals surface area contributed by atoms with Gasteiger partial charge in [-0.3, -0.25) is 10.1 Å². The monoisotopic (exact) mass is 422 g/mol. The van der Waals surface area contributed by atoms with Crippen LogP contribution in [0.15, 0.2) is 71.4 Å². The molecule has 4 aromatic rings. The van der Waals surface area contributed by atoms with Crippen LogP contribution in [-0.4, -0.2) is 20.7 Å². The summed E-state index contributed by atoms with van der Waals surface area (Å²) in [5, 5.41) is 7.42. The Hall–Kier alpha value is -3.58. The molecule has 2 heterocycles. The van der Waals surface area contributed by atoms with Gasteiger partial charge in [-0.2, -0.15) is 0 Å². The molecule has 0 saturated heterocycles. The minimum Gasteiger partial charge on any atom is -0.484 e. The summed E-state index contributed by atoms with van der Waals surface area (Å²) in [4.78, 5) is 16.5. The zero-order chi connectivity index (χ0) is 20.9. The second-order valence-electron chi connectivity index (χ2n) is 6.65. The second-order valence-corrected chi connectivity index (χ2v) is 7.05. The number of hydrogen-bond donors (Lipinski definition) is 1. The molecule has 0 spiro atoms. The van der Waals surface area contributed by atoms with E-state index in [0.29, 0.717) is 23.1 Å². The van der Waals surface area contributed by atoms with E-state index in [9.17, 15) is 4.79 Å². The number of carbonyl (C=O) groups is 1. The van der Waals surface area contributed by atoms with Crippen LogP contribution in [-0.2, 0) is 13.2 Å². The molecule has 0 fully saturated rings. The Labute approximate surface area is 178 Å². The van der Waals surface area contributed by atoms with Crippen molar-refractivity contribution >= 4 is 23.5 Å². The first-order valence-electron chi connectivity index (χ1n) is 9.30. The highest BCUT2D eigenvalue weighted by molar-refractivity contribution is 6.32. The van der Waals surface area contributed by atoms with Crippen LogP contribution in [0.1, 0.15) is 27.4 Å². The molecule has 2 aromatic heterocycles. The maximum atomic E-state index is 12.4. The summed E-state index contributed by atoms with van der Waals surface area (Å²) in [6.07, 6.45) is 1.57. The summed E-state index contributed by atoms with van der Waals surface area (Å²) < 4.78 is 13.0. The van der Waals surface area contributed by atoms with Crippen molar-refractivity contribution in [2.24, 2.45) is 0 Å². The van der Waals surface area contributed by atoms with E-state index in [-0.39, 0.29) is 18.3 Å². The van der Waals surface area contributed by atoms with Crippen LogP contribution in [0.25, 0.3) is 0 Å². The number of para-hydroxylation sites is 1. The van der Waals surface area contributed by atoms with Crippen molar-refractivity contribution in [3.05, 3.63) is 94.7 Å². The molecular formula is C22H19ClN4O3. The number of rotatable bonds is 7. The molecule has 0 aliphatic heterocycles. The lowest BCUT2D eigenvalue weighted by molar-refractivity contribution is 0.0991. The van der Waals surface area contributed by atoms with E-state index in [4.69, 9.17) is 20.8 Å². The molecule has 4 rings (SSSR count). The first-order valence-corrected chi connectivity index (χ1v) is 9.67. The van der Waals surface area contributed by atoms with E-state index in [0.717, 1.165) is 11.1 Å². The van der Waals surface area contributed by atoms with Gasteiger partial charge in [0.2, 0.25) is 5.95 Å². The third kappa shape index (κ3) is 4.69. The summed E-state index contributed by atoms with van der Waals surface area (Å²) in [5.41, 5.74) is 2.01. The lowest BCUT2D eigenvalue weighted by atomic mass is 10.2. The van der Waals surface area contributed by atoms with Crippen LogP contribution >= 0.6 is 11.6 Å². The third-order valence-electron chi connectivity index (χ3n) is 4.36. The molecule has 30 heavy (non-hydrogen) atoms. The molecule has 152 valence electrons. The number of hydrogen-bond acceptors (Lipinski definition) is 5. The fraction of sp³-hybridized carbons (Fsp3) is 0.136. The Bertz CT molecular complexity index is 1130. The van der Waals surface area contributed by atoms with Gasteiger partial charge in [-0.25, -0.2) is 9.67 Å². The lowest BCUT2D eigenvalue weighted by Gasteiger charge is -2.09. The highest BCUT2D eigenvalue weighted by atomic mass is 35.5. The SMILES string of the molecule is Cc1cccc(Cl)c1OCc1ccc(C(=O)Nc2ncn(Cc3ccccc3)n2)o1. The van der Waals surface area contributed by atoms with Gasteiger partial charge >= 0.3 is 0 Å². The molecule has 0 unspecified atom stereocenters. The molecule has 2 aromatic carbocycles. The van der Waals surface area contributed by atoms with Crippen molar-refractivity contribution in [1.82, 2.24) is 14.8 Å². The average molecular weight is 423 g/mol. The average Bonchev–Trinajstić information content (AvgIpc) is 3.38. The zero-order valence-corrected chi connectivity index (χ0v) is 17.0. The Morgan fingerprint density at radius 1 is 1.13 bits per heavy atom. The number of nitrogens with one attached hydrogen (secondary N) is 1. The largest absolute Gasteiger partial charge is 0.484 e. The van der Waals surface area contributed by atoms with E-state index in [2.05, 4.69) is 15.4 Å². The first-order chi connectivity index (χ1) is 14.6. The number of furan rings is 1. The quantitative estimate of drug-likeness (QED) is 0.466. The van der Waals surface area contributed by atoms with Crippen molar-refractivity contribution in [2.45, 2.75) is 20.1 Å². The van der Waals surface area contributed by atoms with Gasteiger partial charge in [0.15, 0.2) is 5.76 Å². The molecular weight excluding hydrogens is 404 g/mol. The van der Waals surface area contributed by atoms with Crippen LogP contribution in [0.4, 0.5) is 5.95 Å². The molecule has 0 bridgehead atoms. The maximum Gasteiger partial charge on any atom is 0.293 e.